The molecule has 4 unspecified atom stereocenters. The van der Waals surface area contributed by atoms with Gasteiger partial charge in [-0.25, -0.2) is 4.79 Å². The standard InChI is InChI=1S/C20H25NO5/c1-12-15(20(25)26-2)17(13-8-4-3-5-9-13)21(16(12)19(23)24)18(22)14-10-6-7-11-14/h3-5,8-9,12,14-17H,6-7,10-11H2,1-2H3,(H,23,24). The van der Waals surface area contributed by atoms with Gasteiger partial charge in [-0.1, -0.05) is 50.1 Å². The molecule has 0 radical (unpaired) electrons. The summed E-state index contributed by atoms with van der Waals surface area (Å²) in [5.41, 5.74) is 0.768. The Balaban J connectivity index is 2.09. The van der Waals surface area contributed by atoms with Gasteiger partial charge in [0.15, 0.2) is 0 Å². The zero-order valence-corrected chi connectivity index (χ0v) is 15.1. The molecule has 0 aromatic heterocycles. The molecule has 2 aliphatic rings. The van der Waals surface area contributed by atoms with Crippen molar-refractivity contribution in [1.82, 2.24) is 4.90 Å². The fourth-order valence-corrected chi connectivity index (χ4v) is 4.58. The molecule has 1 amide bonds. The molecule has 26 heavy (non-hydrogen) atoms. The largest absolute Gasteiger partial charge is 0.480 e. The molecule has 1 heterocycles. The van der Waals surface area contributed by atoms with Crippen LogP contribution in [0.15, 0.2) is 30.3 Å². The highest BCUT2D eigenvalue weighted by atomic mass is 16.5. The number of methoxy groups -OCH3 is 1. The molecule has 140 valence electrons. The molecule has 1 saturated heterocycles. The summed E-state index contributed by atoms with van der Waals surface area (Å²) in [5, 5.41) is 9.84. The molecule has 1 saturated carbocycles. The number of ether oxygens (including phenoxy) is 1. The normalized spacial score (nSPS) is 28.9. The molecule has 1 aliphatic heterocycles. The molecule has 1 aromatic carbocycles. The zero-order valence-electron chi connectivity index (χ0n) is 15.1. The highest BCUT2D eigenvalue weighted by Gasteiger charge is 2.56. The second-order valence-corrected chi connectivity index (χ2v) is 7.27. The van der Waals surface area contributed by atoms with Crippen LogP contribution in [0.5, 0.6) is 0 Å². The molecular formula is C20H25NO5. The van der Waals surface area contributed by atoms with Crippen LogP contribution in [0, 0.1) is 17.8 Å². The monoisotopic (exact) mass is 359 g/mol. The number of amides is 1. The molecule has 1 N–H and O–H groups in total. The van der Waals surface area contributed by atoms with Crippen LogP contribution in [0.25, 0.3) is 0 Å². The van der Waals surface area contributed by atoms with E-state index in [0.29, 0.717) is 0 Å². The van der Waals surface area contributed by atoms with E-state index in [-0.39, 0.29) is 11.8 Å². The van der Waals surface area contributed by atoms with Crippen LogP contribution in [-0.4, -0.2) is 41.0 Å². The molecule has 6 nitrogen and oxygen atoms in total. The summed E-state index contributed by atoms with van der Waals surface area (Å²) in [5.74, 6) is -3.09. The number of carbonyl (C=O) groups is 3. The van der Waals surface area contributed by atoms with Gasteiger partial charge in [-0.15, -0.1) is 0 Å². The van der Waals surface area contributed by atoms with Gasteiger partial charge in [0.25, 0.3) is 0 Å². The highest BCUT2D eigenvalue weighted by molar-refractivity contribution is 5.89. The van der Waals surface area contributed by atoms with E-state index < -0.39 is 35.9 Å². The number of esters is 1. The predicted octanol–water partition coefficient (Wildman–Crippen LogP) is 2.64. The van der Waals surface area contributed by atoms with Crippen LogP contribution in [0.2, 0.25) is 0 Å². The quantitative estimate of drug-likeness (QED) is 0.836. The minimum absolute atomic E-state index is 0.151. The molecule has 6 heteroatoms. The van der Waals surface area contributed by atoms with Gasteiger partial charge in [0.2, 0.25) is 5.91 Å². The third-order valence-electron chi connectivity index (χ3n) is 5.83. The third kappa shape index (κ3) is 3.08. The van der Waals surface area contributed by atoms with Crippen molar-refractivity contribution < 1.29 is 24.2 Å². The maximum absolute atomic E-state index is 13.3. The number of carboxylic acids is 1. The number of hydrogen-bond acceptors (Lipinski definition) is 4. The van der Waals surface area contributed by atoms with Crippen molar-refractivity contribution in [2.24, 2.45) is 17.8 Å². The van der Waals surface area contributed by atoms with Crippen molar-refractivity contribution in [3.05, 3.63) is 35.9 Å². The number of aliphatic carboxylic acids is 1. The van der Waals surface area contributed by atoms with Gasteiger partial charge in [-0.3, -0.25) is 9.59 Å². The highest BCUT2D eigenvalue weighted by Crippen LogP contribution is 2.47. The number of nitrogens with zero attached hydrogens (tertiary/aromatic N) is 1. The summed E-state index contributed by atoms with van der Waals surface area (Å²) in [6.07, 6.45) is 3.52. The van der Waals surface area contributed by atoms with Crippen molar-refractivity contribution in [3.8, 4) is 0 Å². The average Bonchev–Trinajstić information content (AvgIpc) is 3.27. The van der Waals surface area contributed by atoms with Gasteiger partial charge in [0, 0.05) is 11.8 Å². The Morgan fingerprint density at radius 2 is 1.73 bits per heavy atom. The maximum atomic E-state index is 13.3. The van der Waals surface area contributed by atoms with Gasteiger partial charge in [0.1, 0.15) is 6.04 Å². The van der Waals surface area contributed by atoms with Gasteiger partial charge in [-0.05, 0) is 18.4 Å². The van der Waals surface area contributed by atoms with Crippen LogP contribution < -0.4 is 0 Å². The van der Waals surface area contributed by atoms with Gasteiger partial charge >= 0.3 is 11.9 Å². The van der Waals surface area contributed by atoms with E-state index in [0.717, 1.165) is 31.2 Å². The Morgan fingerprint density at radius 1 is 1.12 bits per heavy atom. The Hall–Kier alpha value is -2.37. The first-order valence-corrected chi connectivity index (χ1v) is 9.15. The zero-order chi connectivity index (χ0) is 18.8. The smallest absolute Gasteiger partial charge is 0.326 e. The van der Waals surface area contributed by atoms with Crippen molar-refractivity contribution in [2.75, 3.05) is 7.11 Å². The molecule has 0 bridgehead atoms. The molecular weight excluding hydrogens is 334 g/mol. The Kier molecular flexibility index (Phi) is 5.30. The minimum atomic E-state index is -1.07. The van der Waals surface area contributed by atoms with E-state index in [1.165, 1.54) is 12.0 Å². The van der Waals surface area contributed by atoms with Gasteiger partial charge < -0.3 is 14.7 Å². The van der Waals surface area contributed by atoms with Crippen molar-refractivity contribution in [3.63, 3.8) is 0 Å². The first-order valence-electron chi connectivity index (χ1n) is 9.15. The Labute approximate surface area is 153 Å². The van der Waals surface area contributed by atoms with Gasteiger partial charge in [0.05, 0.1) is 19.1 Å². The van der Waals surface area contributed by atoms with Crippen molar-refractivity contribution in [2.45, 2.75) is 44.7 Å². The number of hydrogen-bond donors (Lipinski definition) is 1. The lowest BCUT2D eigenvalue weighted by Crippen LogP contribution is -2.46. The van der Waals surface area contributed by atoms with E-state index in [9.17, 15) is 19.5 Å². The predicted molar refractivity (Wildman–Crippen MR) is 94.1 cm³/mol. The number of benzene rings is 1. The van der Waals surface area contributed by atoms with Crippen LogP contribution in [0.4, 0.5) is 0 Å². The first kappa shape index (κ1) is 18.4. The maximum Gasteiger partial charge on any atom is 0.326 e. The number of rotatable bonds is 4. The van der Waals surface area contributed by atoms with E-state index >= 15 is 0 Å². The third-order valence-corrected chi connectivity index (χ3v) is 5.83. The van der Waals surface area contributed by atoms with E-state index in [1.54, 1.807) is 6.92 Å². The van der Waals surface area contributed by atoms with Gasteiger partial charge in [-0.2, -0.15) is 0 Å². The van der Waals surface area contributed by atoms with Crippen LogP contribution in [0.3, 0.4) is 0 Å². The van der Waals surface area contributed by atoms with E-state index in [4.69, 9.17) is 4.74 Å². The number of likely N-dealkylation sites (tertiary alicyclic amines) is 1. The minimum Gasteiger partial charge on any atom is -0.480 e. The number of carbonyl (C=O) groups excluding carboxylic acids is 2. The molecule has 3 rings (SSSR count). The van der Waals surface area contributed by atoms with Crippen molar-refractivity contribution >= 4 is 17.8 Å². The second kappa shape index (κ2) is 7.48. The summed E-state index contributed by atoms with van der Waals surface area (Å²) in [6, 6.07) is 7.55. The summed E-state index contributed by atoms with van der Waals surface area (Å²) in [6.45, 7) is 1.72. The van der Waals surface area contributed by atoms with Crippen LogP contribution in [0.1, 0.15) is 44.2 Å². The summed E-state index contributed by atoms with van der Waals surface area (Å²) in [7, 11) is 1.30. The SMILES string of the molecule is COC(=O)C1C(C)C(C(=O)O)N(C(=O)C2CCCC2)C1c1ccccc1. The first-order chi connectivity index (χ1) is 12.5. The summed E-state index contributed by atoms with van der Waals surface area (Å²) in [4.78, 5) is 39.3. The summed E-state index contributed by atoms with van der Waals surface area (Å²) >= 11 is 0. The molecule has 2 fully saturated rings. The lowest BCUT2D eigenvalue weighted by atomic mass is 9.85. The average molecular weight is 359 g/mol. The van der Waals surface area contributed by atoms with Crippen LogP contribution >= 0.6 is 0 Å². The molecule has 1 aliphatic carbocycles. The lowest BCUT2D eigenvalue weighted by molar-refractivity contribution is -0.153. The number of carboxylic acid groups (broad SMARTS) is 1. The molecule has 0 spiro atoms. The lowest BCUT2D eigenvalue weighted by Gasteiger charge is -2.32. The fourth-order valence-electron chi connectivity index (χ4n) is 4.58. The van der Waals surface area contributed by atoms with Crippen molar-refractivity contribution in [1.29, 1.82) is 0 Å². The van der Waals surface area contributed by atoms with E-state index in [2.05, 4.69) is 0 Å². The molecule has 4 atom stereocenters. The van der Waals surface area contributed by atoms with E-state index in [1.807, 2.05) is 30.3 Å². The Morgan fingerprint density at radius 3 is 2.27 bits per heavy atom. The van der Waals surface area contributed by atoms with Crippen LogP contribution in [-0.2, 0) is 19.1 Å². The summed E-state index contributed by atoms with van der Waals surface area (Å²) < 4.78 is 4.97. The Bertz CT molecular complexity index is 683. The topological polar surface area (TPSA) is 83.9 Å². The second-order valence-electron chi connectivity index (χ2n) is 7.27. The fraction of sp³-hybridized carbons (Fsp3) is 0.550. The molecule has 1 aromatic rings.